The number of aliphatic imine (C=N–C) groups is 1. The van der Waals surface area contributed by atoms with Crippen LogP contribution in [0, 0.1) is 0 Å². The Morgan fingerprint density at radius 2 is 2.00 bits per heavy atom. The molecule has 164 valence electrons. The maximum atomic E-state index is 5.58. The fraction of sp³-hybridized carbons (Fsp3) is 0.714. The van der Waals surface area contributed by atoms with Crippen molar-refractivity contribution >= 4 is 29.9 Å². The monoisotopic (exact) mass is 517 g/mol. The summed E-state index contributed by atoms with van der Waals surface area (Å²) in [5, 5.41) is 7.02. The van der Waals surface area contributed by atoms with E-state index in [1.165, 1.54) is 32.1 Å². The second-order valence-corrected chi connectivity index (χ2v) is 7.60. The van der Waals surface area contributed by atoms with Gasteiger partial charge >= 0.3 is 0 Å². The van der Waals surface area contributed by atoms with Crippen molar-refractivity contribution in [1.82, 2.24) is 20.5 Å². The summed E-state index contributed by atoms with van der Waals surface area (Å²) >= 11 is 0. The number of ether oxygens (including phenoxy) is 2. The summed E-state index contributed by atoms with van der Waals surface area (Å²) in [6.45, 7) is 7.96. The lowest BCUT2D eigenvalue weighted by molar-refractivity contribution is -0.0352. The van der Waals surface area contributed by atoms with E-state index in [1.54, 1.807) is 6.20 Å². The van der Waals surface area contributed by atoms with Crippen molar-refractivity contribution in [2.75, 3.05) is 46.5 Å². The van der Waals surface area contributed by atoms with Gasteiger partial charge in [0.05, 0.1) is 19.8 Å². The number of hydrogen-bond donors (Lipinski definition) is 2. The lowest BCUT2D eigenvalue weighted by atomic mass is 9.80. The molecule has 0 aromatic carbocycles. The van der Waals surface area contributed by atoms with Crippen LogP contribution in [-0.4, -0.2) is 67.9 Å². The number of rotatable bonds is 7. The normalized spacial score (nSPS) is 19.9. The van der Waals surface area contributed by atoms with Gasteiger partial charge in [0.25, 0.3) is 0 Å². The van der Waals surface area contributed by atoms with Gasteiger partial charge in [-0.3, -0.25) is 9.89 Å². The van der Waals surface area contributed by atoms with Crippen molar-refractivity contribution in [2.45, 2.75) is 51.1 Å². The molecule has 1 aliphatic heterocycles. The maximum Gasteiger partial charge on any atom is 0.213 e. The third-order valence-corrected chi connectivity index (χ3v) is 5.83. The zero-order valence-corrected chi connectivity index (χ0v) is 20.1. The van der Waals surface area contributed by atoms with Crippen molar-refractivity contribution < 1.29 is 9.47 Å². The van der Waals surface area contributed by atoms with Crippen LogP contribution in [-0.2, 0) is 11.3 Å². The van der Waals surface area contributed by atoms with Crippen LogP contribution in [0.25, 0.3) is 0 Å². The summed E-state index contributed by atoms with van der Waals surface area (Å²) in [6.07, 6.45) is 8.25. The van der Waals surface area contributed by atoms with Crippen molar-refractivity contribution in [1.29, 1.82) is 0 Å². The Morgan fingerprint density at radius 1 is 1.24 bits per heavy atom. The van der Waals surface area contributed by atoms with Gasteiger partial charge in [0, 0.05) is 51.0 Å². The van der Waals surface area contributed by atoms with Crippen molar-refractivity contribution in [3.05, 3.63) is 23.9 Å². The first-order valence-corrected chi connectivity index (χ1v) is 10.6. The largest absolute Gasteiger partial charge is 0.478 e. The Labute approximate surface area is 192 Å². The van der Waals surface area contributed by atoms with Crippen molar-refractivity contribution in [3.8, 4) is 5.88 Å². The van der Waals surface area contributed by atoms with Crippen LogP contribution in [0.3, 0.4) is 0 Å². The Kier molecular flexibility index (Phi) is 10.4. The molecule has 0 bridgehead atoms. The molecule has 2 heterocycles. The molecule has 2 aliphatic rings. The Morgan fingerprint density at radius 3 is 2.69 bits per heavy atom. The molecule has 0 spiro atoms. The smallest absolute Gasteiger partial charge is 0.213 e. The maximum absolute atomic E-state index is 5.58. The zero-order valence-electron chi connectivity index (χ0n) is 17.8. The molecule has 2 fully saturated rings. The van der Waals surface area contributed by atoms with E-state index in [2.05, 4.69) is 25.5 Å². The van der Waals surface area contributed by atoms with Crippen LogP contribution in [0.15, 0.2) is 23.3 Å². The van der Waals surface area contributed by atoms with Crippen LogP contribution in [0.4, 0.5) is 0 Å². The molecule has 2 N–H and O–H groups in total. The fourth-order valence-corrected chi connectivity index (χ4v) is 4.29. The van der Waals surface area contributed by atoms with Gasteiger partial charge in [0.1, 0.15) is 0 Å². The molecule has 1 saturated carbocycles. The third-order valence-electron chi connectivity index (χ3n) is 5.83. The highest BCUT2D eigenvalue weighted by atomic mass is 127. The second-order valence-electron chi connectivity index (χ2n) is 7.60. The molecule has 1 aromatic rings. The van der Waals surface area contributed by atoms with Crippen molar-refractivity contribution in [2.24, 2.45) is 4.99 Å². The summed E-state index contributed by atoms with van der Waals surface area (Å²) < 4.78 is 11.1. The first-order chi connectivity index (χ1) is 13.8. The molecule has 3 rings (SSSR count). The Hall–Kier alpha value is -1.13. The standard InChI is InChI=1S/C21H35N5O2.HI/c1-3-28-19-15-18(7-10-23-19)16-24-20(22-2)25-17-21(8-5-4-6-9-21)26-11-13-27-14-12-26;/h7,10,15H,3-6,8-9,11-14,16-17H2,1-2H3,(H2,22,24,25);1H. The molecule has 7 nitrogen and oxygen atoms in total. The third kappa shape index (κ3) is 6.96. The molecule has 1 saturated heterocycles. The minimum absolute atomic E-state index is 0. The number of hydrogen-bond acceptors (Lipinski definition) is 5. The van der Waals surface area contributed by atoms with Gasteiger partial charge in [-0.05, 0) is 31.4 Å². The van der Waals surface area contributed by atoms with E-state index in [0.717, 1.165) is 44.4 Å². The summed E-state index contributed by atoms with van der Waals surface area (Å²) in [7, 11) is 1.83. The van der Waals surface area contributed by atoms with Crippen LogP contribution in [0.2, 0.25) is 0 Å². The number of halogens is 1. The minimum atomic E-state index is 0. The van der Waals surface area contributed by atoms with Crippen LogP contribution in [0.5, 0.6) is 5.88 Å². The van der Waals surface area contributed by atoms with Gasteiger partial charge < -0.3 is 20.1 Å². The van der Waals surface area contributed by atoms with E-state index < -0.39 is 0 Å². The van der Waals surface area contributed by atoms with E-state index in [0.29, 0.717) is 19.0 Å². The minimum Gasteiger partial charge on any atom is -0.478 e. The lowest BCUT2D eigenvalue weighted by Gasteiger charge is -2.48. The summed E-state index contributed by atoms with van der Waals surface area (Å²) in [6, 6.07) is 3.97. The van der Waals surface area contributed by atoms with Gasteiger partial charge in [0.2, 0.25) is 5.88 Å². The second kappa shape index (κ2) is 12.5. The van der Waals surface area contributed by atoms with Crippen molar-refractivity contribution in [3.63, 3.8) is 0 Å². The summed E-state index contributed by atoms with van der Waals surface area (Å²) in [5.41, 5.74) is 1.35. The molecular weight excluding hydrogens is 481 g/mol. The molecule has 0 radical (unpaired) electrons. The average molecular weight is 517 g/mol. The van der Waals surface area contributed by atoms with Gasteiger partial charge in [-0.1, -0.05) is 19.3 Å². The molecule has 8 heteroatoms. The molecule has 0 unspecified atom stereocenters. The highest BCUT2D eigenvalue weighted by Crippen LogP contribution is 2.33. The average Bonchev–Trinajstić information content (AvgIpc) is 2.76. The van der Waals surface area contributed by atoms with E-state index in [4.69, 9.17) is 9.47 Å². The number of morpholine rings is 1. The lowest BCUT2D eigenvalue weighted by Crippen LogP contribution is -2.60. The predicted octanol–water partition coefficient (Wildman–Crippen LogP) is 2.80. The van der Waals surface area contributed by atoms with Gasteiger partial charge in [-0.25, -0.2) is 4.98 Å². The van der Waals surface area contributed by atoms with Crippen LogP contribution >= 0.6 is 24.0 Å². The van der Waals surface area contributed by atoms with Gasteiger partial charge in [-0.2, -0.15) is 0 Å². The van der Waals surface area contributed by atoms with E-state index in [1.807, 2.05) is 26.1 Å². The van der Waals surface area contributed by atoms with Gasteiger partial charge in [-0.15, -0.1) is 24.0 Å². The van der Waals surface area contributed by atoms with E-state index in [9.17, 15) is 0 Å². The quantitative estimate of drug-likeness (QED) is 0.330. The highest BCUT2D eigenvalue weighted by Gasteiger charge is 2.38. The zero-order chi connectivity index (χ0) is 19.7. The van der Waals surface area contributed by atoms with E-state index in [-0.39, 0.29) is 29.5 Å². The molecule has 1 aromatic heterocycles. The van der Waals surface area contributed by atoms with Crippen LogP contribution < -0.4 is 15.4 Å². The number of pyridine rings is 1. The summed E-state index contributed by atoms with van der Waals surface area (Å²) in [4.78, 5) is 11.3. The number of guanidine groups is 1. The Bertz CT molecular complexity index is 631. The van der Waals surface area contributed by atoms with E-state index >= 15 is 0 Å². The number of aromatic nitrogens is 1. The first kappa shape index (κ1) is 24.1. The molecule has 0 amide bonds. The SMILES string of the molecule is CCOc1cc(CNC(=NC)NCC2(N3CCOCC3)CCCCC2)ccn1.I. The molecule has 0 atom stereocenters. The molecule has 29 heavy (non-hydrogen) atoms. The first-order valence-electron chi connectivity index (χ1n) is 10.6. The van der Waals surface area contributed by atoms with Gasteiger partial charge in [0.15, 0.2) is 5.96 Å². The summed E-state index contributed by atoms with van der Waals surface area (Å²) in [5.74, 6) is 1.51. The topological polar surface area (TPSA) is 71.0 Å². The fourth-order valence-electron chi connectivity index (χ4n) is 4.29. The number of nitrogens with zero attached hydrogens (tertiary/aromatic N) is 3. The molecule has 1 aliphatic carbocycles. The Balaban J connectivity index is 0.00000300. The molecular formula is C21H36IN5O2. The number of nitrogens with one attached hydrogen (secondary N) is 2. The highest BCUT2D eigenvalue weighted by molar-refractivity contribution is 14.0. The van der Waals surface area contributed by atoms with Crippen LogP contribution in [0.1, 0.15) is 44.6 Å². The predicted molar refractivity (Wildman–Crippen MR) is 127 cm³/mol.